The highest BCUT2D eigenvalue weighted by Gasteiger charge is 2.32. The maximum absolute atomic E-state index is 12.9. The second kappa shape index (κ2) is 9.03. The van der Waals surface area contributed by atoms with Crippen molar-refractivity contribution in [1.29, 1.82) is 0 Å². The minimum Gasteiger partial charge on any atom is -0.493 e. The van der Waals surface area contributed by atoms with Crippen molar-refractivity contribution in [2.75, 3.05) is 13.7 Å². The Morgan fingerprint density at radius 1 is 1.31 bits per heavy atom. The van der Waals surface area contributed by atoms with Crippen LogP contribution in [0.3, 0.4) is 0 Å². The smallest absolute Gasteiger partial charge is 0.252 e. The van der Waals surface area contributed by atoms with E-state index in [9.17, 15) is 4.79 Å². The maximum atomic E-state index is 12.9. The predicted octanol–water partition coefficient (Wildman–Crippen LogP) is 4.77. The lowest BCUT2D eigenvalue weighted by Crippen LogP contribution is -2.32. The average molecular weight is 422 g/mol. The molecule has 0 bridgehead atoms. The number of ether oxygens (including phenoxy) is 2. The van der Waals surface area contributed by atoms with E-state index >= 15 is 0 Å². The number of amides is 1. The molecule has 7 nitrogen and oxygen atoms in total. The Bertz CT molecular complexity index is 862. The Labute approximate surface area is 176 Å². The molecule has 0 aliphatic heterocycles. The maximum Gasteiger partial charge on any atom is 0.252 e. The van der Waals surface area contributed by atoms with Crippen molar-refractivity contribution in [3.8, 4) is 11.5 Å². The number of halogens is 1. The number of carbonyl (C=O) groups is 1. The highest BCUT2D eigenvalue weighted by atomic mass is 35.5. The summed E-state index contributed by atoms with van der Waals surface area (Å²) < 4.78 is 16.6. The van der Waals surface area contributed by atoms with E-state index in [1.807, 2.05) is 27.7 Å². The van der Waals surface area contributed by atoms with Gasteiger partial charge in [-0.1, -0.05) is 44.5 Å². The second-order valence-electron chi connectivity index (χ2n) is 8.15. The SMILES string of the molecule is COc1cc(C(=O)NC(c2nc(C3CC3)no2)C(C)C)cc(Cl)c1OCC(C)C. The van der Waals surface area contributed by atoms with E-state index in [0.29, 0.717) is 46.4 Å². The standard InChI is InChI=1S/C21H28ClN3O4/c1-11(2)10-28-18-15(22)8-14(9-16(18)27-5)20(26)23-17(12(3)4)21-24-19(25-29-21)13-6-7-13/h8-9,11-13,17H,6-7,10H2,1-5H3,(H,23,26). The summed E-state index contributed by atoms with van der Waals surface area (Å²) >= 11 is 6.38. The van der Waals surface area contributed by atoms with Crippen LogP contribution < -0.4 is 14.8 Å². The number of rotatable bonds is 9. The van der Waals surface area contributed by atoms with E-state index in [-0.39, 0.29) is 11.8 Å². The van der Waals surface area contributed by atoms with Crippen LogP contribution in [0.5, 0.6) is 11.5 Å². The Morgan fingerprint density at radius 3 is 2.62 bits per heavy atom. The van der Waals surface area contributed by atoms with Gasteiger partial charge in [-0.3, -0.25) is 4.79 Å². The summed E-state index contributed by atoms with van der Waals surface area (Å²) in [5.41, 5.74) is 0.372. The first kappa shape index (κ1) is 21.4. The topological polar surface area (TPSA) is 86.5 Å². The molecule has 1 aromatic carbocycles. The van der Waals surface area contributed by atoms with Crippen LogP contribution in [0.25, 0.3) is 0 Å². The summed E-state index contributed by atoms with van der Waals surface area (Å²) in [5.74, 6) is 2.48. The fraction of sp³-hybridized carbons (Fsp3) is 0.571. The first-order chi connectivity index (χ1) is 13.8. The predicted molar refractivity (Wildman–Crippen MR) is 110 cm³/mol. The molecule has 1 atom stereocenters. The number of nitrogens with one attached hydrogen (secondary N) is 1. The summed E-state index contributed by atoms with van der Waals surface area (Å²) in [6, 6.07) is 2.80. The zero-order chi connectivity index (χ0) is 21.1. The van der Waals surface area contributed by atoms with Gasteiger partial charge in [-0.25, -0.2) is 0 Å². The van der Waals surface area contributed by atoms with Gasteiger partial charge in [-0.2, -0.15) is 4.98 Å². The van der Waals surface area contributed by atoms with Crippen LogP contribution >= 0.6 is 11.6 Å². The molecule has 0 spiro atoms. The monoisotopic (exact) mass is 421 g/mol. The molecule has 0 saturated heterocycles. The van der Waals surface area contributed by atoms with Gasteiger partial charge in [-0.15, -0.1) is 0 Å². The van der Waals surface area contributed by atoms with Crippen molar-refractivity contribution >= 4 is 17.5 Å². The zero-order valence-corrected chi connectivity index (χ0v) is 18.2. The van der Waals surface area contributed by atoms with Gasteiger partial charge < -0.3 is 19.3 Å². The normalized spacial score (nSPS) is 14.9. The molecule has 1 aliphatic rings. The fourth-order valence-electron chi connectivity index (χ4n) is 2.86. The van der Waals surface area contributed by atoms with E-state index in [1.54, 1.807) is 12.1 Å². The molecule has 1 aliphatic carbocycles. The molecule has 1 aromatic heterocycles. The number of methoxy groups -OCH3 is 1. The van der Waals surface area contributed by atoms with Crippen LogP contribution in [0.1, 0.15) is 74.6 Å². The third-order valence-electron chi connectivity index (χ3n) is 4.67. The summed E-state index contributed by atoms with van der Waals surface area (Å²) in [4.78, 5) is 17.4. The molecule has 3 rings (SSSR count). The molecule has 1 unspecified atom stereocenters. The molecule has 1 amide bonds. The van der Waals surface area contributed by atoms with Gasteiger partial charge in [0.25, 0.3) is 5.91 Å². The van der Waals surface area contributed by atoms with Gasteiger partial charge in [0, 0.05) is 11.5 Å². The largest absolute Gasteiger partial charge is 0.493 e. The Kier molecular flexibility index (Phi) is 6.67. The van der Waals surface area contributed by atoms with Gasteiger partial charge in [0.1, 0.15) is 6.04 Å². The van der Waals surface area contributed by atoms with Gasteiger partial charge in [0.05, 0.1) is 18.7 Å². The molecule has 1 heterocycles. The van der Waals surface area contributed by atoms with Gasteiger partial charge in [0.2, 0.25) is 5.89 Å². The number of hydrogen-bond acceptors (Lipinski definition) is 6. The lowest BCUT2D eigenvalue weighted by molar-refractivity contribution is 0.0913. The molecular weight excluding hydrogens is 394 g/mol. The van der Waals surface area contributed by atoms with Crippen molar-refractivity contribution in [3.63, 3.8) is 0 Å². The molecule has 158 valence electrons. The summed E-state index contributed by atoms with van der Waals surface area (Å²) in [7, 11) is 1.52. The summed E-state index contributed by atoms with van der Waals surface area (Å²) in [6.07, 6.45) is 2.17. The highest BCUT2D eigenvalue weighted by molar-refractivity contribution is 6.32. The van der Waals surface area contributed by atoms with Crippen molar-refractivity contribution in [2.24, 2.45) is 11.8 Å². The first-order valence-corrected chi connectivity index (χ1v) is 10.3. The lowest BCUT2D eigenvalue weighted by atomic mass is 10.0. The summed E-state index contributed by atoms with van der Waals surface area (Å²) in [5, 5.41) is 7.36. The zero-order valence-electron chi connectivity index (χ0n) is 17.5. The van der Waals surface area contributed by atoms with E-state index in [2.05, 4.69) is 15.5 Å². The summed E-state index contributed by atoms with van der Waals surface area (Å²) in [6.45, 7) is 8.56. The van der Waals surface area contributed by atoms with E-state index < -0.39 is 6.04 Å². The quantitative estimate of drug-likeness (QED) is 0.627. The highest BCUT2D eigenvalue weighted by Crippen LogP contribution is 2.39. The number of hydrogen-bond donors (Lipinski definition) is 1. The van der Waals surface area contributed by atoms with Crippen LogP contribution in [0.2, 0.25) is 5.02 Å². The van der Waals surface area contributed by atoms with Gasteiger partial charge in [-0.05, 0) is 36.8 Å². The van der Waals surface area contributed by atoms with Crippen molar-refractivity contribution in [1.82, 2.24) is 15.5 Å². The Balaban J connectivity index is 1.79. The number of carbonyl (C=O) groups excluding carboxylic acids is 1. The number of nitrogens with zero attached hydrogens (tertiary/aromatic N) is 2. The van der Waals surface area contributed by atoms with Crippen LogP contribution in [0.15, 0.2) is 16.7 Å². The van der Waals surface area contributed by atoms with Crippen LogP contribution in [-0.4, -0.2) is 29.8 Å². The molecular formula is C21H28ClN3O4. The van der Waals surface area contributed by atoms with Gasteiger partial charge >= 0.3 is 0 Å². The fourth-order valence-corrected chi connectivity index (χ4v) is 3.13. The van der Waals surface area contributed by atoms with Crippen molar-refractivity contribution in [2.45, 2.75) is 52.5 Å². The lowest BCUT2D eigenvalue weighted by Gasteiger charge is -2.19. The minimum absolute atomic E-state index is 0.0671. The molecule has 0 radical (unpaired) electrons. The molecule has 2 aromatic rings. The average Bonchev–Trinajstić information content (AvgIpc) is 3.41. The van der Waals surface area contributed by atoms with Crippen LogP contribution in [-0.2, 0) is 0 Å². The van der Waals surface area contributed by atoms with E-state index in [4.69, 9.17) is 25.6 Å². The number of benzene rings is 1. The van der Waals surface area contributed by atoms with E-state index in [0.717, 1.165) is 18.7 Å². The van der Waals surface area contributed by atoms with E-state index in [1.165, 1.54) is 7.11 Å². The second-order valence-corrected chi connectivity index (χ2v) is 8.56. The van der Waals surface area contributed by atoms with Gasteiger partial charge in [0.15, 0.2) is 17.3 Å². The number of aromatic nitrogens is 2. The van der Waals surface area contributed by atoms with Crippen molar-refractivity contribution < 1.29 is 18.8 Å². The van der Waals surface area contributed by atoms with Crippen LogP contribution in [0, 0.1) is 11.8 Å². The molecule has 8 heteroatoms. The Morgan fingerprint density at radius 2 is 2.03 bits per heavy atom. The minimum atomic E-state index is -0.399. The Hall–Kier alpha value is -2.28. The van der Waals surface area contributed by atoms with Crippen molar-refractivity contribution in [3.05, 3.63) is 34.4 Å². The molecule has 1 saturated carbocycles. The van der Waals surface area contributed by atoms with Crippen LogP contribution in [0.4, 0.5) is 0 Å². The molecule has 29 heavy (non-hydrogen) atoms. The third-order valence-corrected chi connectivity index (χ3v) is 4.95. The first-order valence-electron chi connectivity index (χ1n) is 9.94. The third kappa shape index (κ3) is 5.21. The molecule has 1 N–H and O–H groups in total. The molecule has 1 fully saturated rings.